The Kier molecular flexibility index (Phi) is 14.8. The van der Waals surface area contributed by atoms with Gasteiger partial charge in [0, 0.05) is 101 Å². The number of nitrogens with zero attached hydrogens (tertiary/aromatic N) is 7. The summed E-state index contributed by atoms with van der Waals surface area (Å²) in [7, 11) is 0. The molecular formula is C66H74FN9S. The molecule has 7 aromatic rings. The first kappa shape index (κ1) is 51.9. The van der Waals surface area contributed by atoms with Gasteiger partial charge in [0.15, 0.2) is 5.13 Å². The highest BCUT2D eigenvalue weighted by Crippen LogP contribution is 2.37. The van der Waals surface area contributed by atoms with Crippen molar-refractivity contribution >= 4 is 73.9 Å². The molecule has 0 aliphatic carbocycles. The fraction of sp³-hybridized carbons (Fsp3) is 0.333. The minimum atomic E-state index is -0.214. The molecule has 0 bridgehead atoms. The number of hydrogen-bond acceptors (Lipinski definition) is 9. The number of nitrogens with one attached hydrogen (secondary N) is 2. The summed E-state index contributed by atoms with van der Waals surface area (Å²) in [5, 5.41) is 11.1. The number of halogens is 1. The highest BCUT2D eigenvalue weighted by molar-refractivity contribution is 7.22. The van der Waals surface area contributed by atoms with Gasteiger partial charge in [-0.05, 0) is 141 Å². The number of benzene rings is 4. The first-order valence-electron chi connectivity index (χ1n) is 27.7. The zero-order valence-electron chi connectivity index (χ0n) is 45.3. The van der Waals surface area contributed by atoms with Gasteiger partial charge in [0.25, 0.3) is 0 Å². The summed E-state index contributed by atoms with van der Waals surface area (Å²) in [6.07, 6.45) is 10.6. The van der Waals surface area contributed by atoms with Crippen LogP contribution in [0.25, 0.3) is 57.0 Å². The van der Waals surface area contributed by atoms with Gasteiger partial charge in [0.1, 0.15) is 11.6 Å². The minimum Gasteiger partial charge on any atom is -0.371 e. The van der Waals surface area contributed by atoms with E-state index in [1.165, 1.54) is 59.2 Å². The summed E-state index contributed by atoms with van der Waals surface area (Å²) in [4.78, 5) is 19.6. The van der Waals surface area contributed by atoms with Crippen molar-refractivity contribution in [3.05, 3.63) is 185 Å². The van der Waals surface area contributed by atoms with E-state index in [1.54, 1.807) is 17.4 Å². The number of hydrogen-bond donors (Lipinski definition) is 2. The summed E-state index contributed by atoms with van der Waals surface area (Å²) in [6.45, 7) is 43.0. The lowest BCUT2D eigenvalue weighted by atomic mass is 9.85. The molecule has 0 saturated carbocycles. The number of rotatable bonds is 16. The average Bonchev–Trinajstić information content (AvgIpc) is 4.11. The summed E-state index contributed by atoms with van der Waals surface area (Å²) < 4.78 is 19.1. The van der Waals surface area contributed by atoms with Crippen LogP contribution in [0.2, 0.25) is 0 Å². The molecule has 0 radical (unpaired) electrons. The largest absolute Gasteiger partial charge is 0.371 e. The molecule has 4 aliphatic heterocycles. The van der Waals surface area contributed by atoms with Gasteiger partial charge in [-0.25, -0.2) is 14.4 Å². The van der Waals surface area contributed by atoms with E-state index in [2.05, 4.69) is 155 Å². The van der Waals surface area contributed by atoms with Gasteiger partial charge in [0.05, 0.1) is 27.6 Å². The number of allylic oxidation sites excluding steroid dienone is 2. The third-order valence-electron chi connectivity index (χ3n) is 17.2. The van der Waals surface area contributed by atoms with Gasteiger partial charge in [-0.2, -0.15) is 0 Å². The minimum absolute atomic E-state index is 0.00517. The van der Waals surface area contributed by atoms with Crippen molar-refractivity contribution < 1.29 is 4.39 Å². The molecule has 3 fully saturated rings. The fourth-order valence-corrected chi connectivity index (χ4v) is 13.6. The summed E-state index contributed by atoms with van der Waals surface area (Å²) >= 11 is 1.65. The average molecular weight is 1040 g/mol. The summed E-state index contributed by atoms with van der Waals surface area (Å²) in [5.41, 5.74) is 15.3. The van der Waals surface area contributed by atoms with Crippen LogP contribution < -0.4 is 31.1 Å². The van der Waals surface area contributed by atoms with E-state index < -0.39 is 0 Å². The van der Waals surface area contributed by atoms with E-state index in [0.29, 0.717) is 11.6 Å². The van der Waals surface area contributed by atoms with Crippen molar-refractivity contribution in [1.29, 1.82) is 0 Å². The van der Waals surface area contributed by atoms with E-state index in [0.717, 1.165) is 167 Å². The van der Waals surface area contributed by atoms with E-state index in [4.69, 9.17) is 9.97 Å². The molecule has 0 amide bonds. The van der Waals surface area contributed by atoms with Gasteiger partial charge in [-0.3, -0.25) is 4.90 Å². The standard InChI is InChI=1S/C66H74FN9S/c1-10-60-55(24-26-65(70-60)75-32-29-51-15-13-18-54(58(51)41-75)46(6)69-66-71-61-19-11-12-20-64(61)77-66)53-17-14-16-52(45(53)5)37-42(2)21-23-50-27-30-72(31-28-50)40-44(4)73-33-35-74(36-34-73)63-39-57-49(9)76(48(8)56(57)38-59(63)67)62-25-22-43(3)68-47(62)7/h10-20,24,26,38-39,42,50,62,68H,1,3-4,6-9,21-23,25,27-37,40-41H2,2,5H3,(H,69,71). The topological polar surface area (TPSA) is 67.7 Å². The van der Waals surface area contributed by atoms with Crippen LogP contribution in [0.15, 0.2) is 135 Å². The molecule has 0 spiro atoms. The maximum atomic E-state index is 15.9. The number of piperazine rings is 1. The molecule has 2 unspecified atom stereocenters. The molecule has 11 heteroatoms. The van der Waals surface area contributed by atoms with Gasteiger partial charge in [0.2, 0.25) is 0 Å². The van der Waals surface area contributed by atoms with E-state index in [1.807, 2.05) is 24.3 Å². The number of aromatic nitrogens is 3. The second kappa shape index (κ2) is 22.0. The lowest BCUT2D eigenvalue weighted by Crippen LogP contribution is -2.48. The molecule has 11 rings (SSSR count). The van der Waals surface area contributed by atoms with Crippen molar-refractivity contribution in [2.24, 2.45) is 11.8 Å². The van der Waals surface area contributed by atoms with Crippen LogP contribution in [0.3, 0.4) is 0 Å². The maximum Gasteiger partial charge on any atom is 0.188 e. The zero-order chi connectivity index (χ0) is 53.5. The first-order valence-corrected chi connectivity index (χ1v) is 28.6. The van der Waals surface area contributed by atoms with Gasteiger partial charge < -0.3 is 29.9 Å². The molecule has 7 heterocycles. The molecule has 3 saturated heterocycles. The third-order valence-corrected chi connectivity index (χ3v) is 18.1. The van der Waals surface area contributed by atoms with Crippen LogP contribution in [0, 0.1) is 24.6 Å². The number of thiazole rings is 1. The zero-order valence-corrected chi connectivity index (χ0v) is 46.1. The molecule has 3 aromatic heterocycles. The molecule has 2 atom stereocenters. The lowest BCUT2D eigenvalue weighted by molar-refractivity contribution is 0.170. The highest BCUT2D eigenvalue weighted by atomic mass is 32.1. The van der Waals surface area contributed by atoms with E-state index in [-0.39, 0.29) is 11.9 Å². The normalized spacial score (nSPS) is 17.9. The SMILES string of the molecule is C=Cc1nc(N2CCc3cccc(C(=C)Nc4nc5ccccc5s4)c3C2)ccc1-c1cccc(CC(C)CCC2CCN(CC(=C)N3CCN(c4cc5c(=C)n(C6CCC(=C)NC6=C)c(=C)c5cc4F)CC3)CC2)c1C. The Balaban J connectivity index is 0.648. The molecule has 4 aliphatic rings. The second-order valence-corrected chi connectivity index (χ2v) is 23.2. The summed E-state index contributed by atoms with van der Waals surface area (Å²) in [6, 6.07) is 29.6. The Labute approximate surface area is 458 Å². The van der Waals surface area contributed by atoms with Crippen LogP contribution in [-0.4, -0.2) is 76.7 Å². The Morgan fingerprint density at radius 2 is 1.60 bits per heavy atom. The van der Waals surface area contributed by atoms with Crippen LogP contribution in [-0.2, 0) is 19.4 Å². The number of likely N-dealkylation sites (tertiary alicyclic amines) is 1. The number of anilines is 3. The Morgan fingerprint density at radius 1 is 0.831 bits per heavy atom. The second-order valence-electron chi connectivity index (χ2n) is 22.2. The molecule has 4 aromatic carbocycles. The molecule has 77 heavy (non-hydrogen) atoms. The number of para-hydroxylation sites is 1. The number of pyridine rings is 1. The maximum absolute atomic E-state index is 15.9. The summed E-state index contributed by atoms with van der Waals surface area (Å²) in [5.74, 6) is 2.08. The molecule has 9 nitrogen and oxygen atoms in total. The number of fused-ring (bicyclic) bond motifs is 3. The van der Waals surface area contributed by atoms with Crippen LogP contribution in [0.4, 0.5) is 21.0 Å². The van der Waals surface area contributed by atoms with Gasteiger partial charge >= 0.3 is 0 Å². The predicted molar refractivity (Wildman–Crippen MR) is 324 cm³/mol. The molecular weight excluding hydrogens is 970 g/mol. The van der Waals surface area contributed by atoms with Crippen molar-refractivity contribution in [2.45, 2.75) is 77.8 Å². The Morgan fingerprint density at radius 3 is 2.36 bits per heavy atom. The van der Waals surface area contributed by atoms with Gasteiger partial charge in [-0.15, -0.1) is 0 Å². The van der Waals surface area contributed by atoms with Crippen LogP contribution >= 0.6 is 11.3 Å². The van der Waals surface area contributed by atoms with Crippen LogP contribution in [0.1, 0.15) is 85.0 Å². The number of piperidine rings is 2. The van der Waals surface area contributed by atoms with E-state index >= 15 is 4.39 Å². The van der Waals surface area contributed by atoms with Crippen molar-refractivity contribution in [2.75, 3.05) is 67.5 Å². The Hall–Kier alpha value is -7.21. The third kappa shape index (κ3) is 10.6. The fourth-order valence-electron chi connectivity index (χ4n) is 12.7. The molecule has 396 valence electrons. The smallest absolute Gasteiger partial charge is 0.188 e. The predicted octanol–water partition coefficient (Wildman–Crippen LogP) is 12.8. The molecule has 2 N–H and O–H groups in total. The Bertz CT molecular complexity index is 3520. The monoisotopic (exact) mass is 1040 g/mol. The first-order chi connectivity index (χ1) is 37.3. The highest BCUT2D eigenvalue weighted by Gasteiger charge is 2.28. The van der Waals surface area contributed by atoms with Gasteiger partial charge in [-0.1, -0.05) is 126 Å². The van der Waals surface area contributed by atoms with E-state index in [9.17, 15) is 0 Å². The van der Waals surface area contributed by atoms with Crippen molar-refractivity contribution in [1.82, 2.24) is 29.7 Å². The quantitative estimate of drug-likeness (QED) is 0.0992. The van der Waals surface area contributed by atoms with Crippen molar-refractivity contribution in [3.8, 4) is 11.1 Å². The lowest BCUT2D eigenvalue weighted by Gasteiger charge is -2.40. The van der Waals surface area contributed by atoms with Crippen molar-refractivity contribution in [3.63, 3.8) is 0 Å². The van der Waals surface area contributed by atoms with Crippen LogP contribution in [0.5, 0.6) is 0 Å².